The zero-order valence-electron chi connectivity index (χ0n) is 12.8. The van der Waals surface area contributed by atoms with Crippen LogP contribution in [0.2, 0.25) is 10.0 Å². The second kappa shape index (κ2) is 7.07. The summed E-state index contributed by atoms with van der Waals surface area (Å²) in [5, 5.41) is 0.700. The van der Waals surface area contributed by atoms with Gasteiger partial charge in [0.15, 0.2) is 0 Å². The quantitative estimate of drug-likeness (QED) is 0.590. The lowest BCUT2D eigenvalue weighted by atomic mass is 10.2. The van der Waals surface area contributed by atoms with Crippen molar-refractivity contribution >= 4 is 29.2 Å². The molecule has 24 heavy (non-hydrogen) atoms. The lowest BCUT2D eigenvalue weighted by Gasteiger charge is -2.05. The smallest absolute Gasteiger partial charge is 0.340 e. The molecule has 0 fully saturated rings. The van der Waals surface area contributed by atoms with E-state index in [0.29, 0.717) is 22.4 Å². The van der Waals surface area contributed by atoms with Crippen molar-refractivity contribution in [2.75, 3.05) is 0 Å². The van der Waals surface area contributed by atoms with Crippen LogP contribution in [-0.2, 0) is 11.3 Å². The van der Waals surface area contributed by atoms with Crippen molar-refractivity contribution < 1.29 is 13.9 Å². The lowest BCUT2D eigenvalue weighted by molar-refractivity contribution is 0.0467. The van der Waals surface area contributed by atoms with Crippen LogP contribution in [0.1, 0.15) is 21.8 Å². The molecule has 0 bridgehead atoms. The molecule has 0 saturated carbocycles. The van der Waals surface area contributed by atoms with Gasteiger partial charge in [-0.05, 0) is 37.3 Å². The summed E-state index contributed by atoms with van der Waals surface area (Å²) in [4.78, 5) is 16.5. The molecule has 1 heterocycles. The maximum Gasteiger partial charge on any atom is 0.340 e. The van der Waals surface area contributed by atoms with Gasteiger partial charge in [0.25, 0.3) is 0 Å². The fraction of sp³-hybridized carbons (Fsp3) is 0.111. The summed E-state index contributed by atoms with van der Waals surface area (Å²) in [5.41, 5.74) is 1.68. The molecular formula is C18H13Cl2NO3. The van der Waals surface area contributed by atoms with Gasteiger partial charge in [-0.2, -0.15) is 0 Å². The van der Waals surface area contributed by atoms with Gasteiger partial charge in [0.2, 0.25) is 5.89 Å². The molecule has 0 atom stereocenters. The van der Waals surface area contributed by atoms with Gasteiger partial charge in [0, 0.05) is 10.6 Å². The van der Waals surface area contributed by atoms with Gasteiger partial charge < -0.3 is 9.15 Å². The number of carbonyl (C=O) groups is 1. The summed E-state index contributed by atoms with van der Waals surface area (Å²) >= 11 is 11.8. The molecule has 0 amide bonds. The number of benzene rings is 2. The minimum absolute atomic E-state index is 0.0000441. The van der Waals surface area contributed by atoms with E-state index in [2.05, 4.69) is 4.98 Å². The Morgan fingerprint density at radius 2 is 1.92 bits per heavy atom. The van der Waals surface area contributed by atoms with Crippen molar-refractivity contribution in [3.63, 3.8) is 0 Å². The largest absolute Gasteiger partial charge is 0.455 e. The number of rotatable bonds is 4. The van der Waals surface area contributed by atoms with Crippen LogP contribution in [-0.4, -0.2) is 11.0 Å². The monoisotopic (exact) mass is 361 g/mol. The Morgan fingerprint density at radius 3 is 2.62 bits per heavy atom. The number of hydrogen-bond acceptors (Lipinski definition) is 4. The van der Waals surface area contributed by atoms with E-state index >= 15 is 0 Å². The normalized spacial score (nSPS) is 10.6. The number of ether oxygens (including phenoxy) is 1. The van der Waals surface area contributed by atoms with Gasteiger partial charge in [-0.15, -0.1) is 0 Å². The maximum absolute atomic E-state index is 12.1. The Hall–Kier alpha value is -2.30. The number of aromatic nitrogens is 1. The Morgan fingerprint density at radius 1 is 1.17 bits per heavy atom. The molecule has 3 aromatic rings. The second-order valence-corrected chi connectivity index (χ2v) is 5.93. The Balaban J connectivity index is 1.73. The lowest BCUT2D eigenvalue weighted by Crippen LogP contribution is -2.06. The molecule has 4 nitrogen and oxygen atoms in total. The van der Waals surface area contributed by atoms with Gasteiger partial charge in [0.05, 0.1) is 10.6 Å². The van der Waals surface area contributed by atoms with Gasteiger partial charge in [-0.1, -0.05) is 41.4 Å². The second-order valence-electron chi connectivity index (χ2n) is 5.09. The highest BCUT2D eigenvalue weighted by molar-refractivity contribution is 6.36. The number of carbonyl (C=O) groups excluding carboxylic acids is 1. The predicted molar refractivity (Wildman–Crippen MR) is 92.3 cm³/mol. The highest BCUT2D eigenvalue weighted by Crippen LogP contribution is 2.24. The topological polar surface area (TPSA) is 52.3 Å². The molecule has 0 aliphatic rings. The van der Waals surface area contributed by atoms with E-state index in [1.165, 1.54) is 12.1 Å². The average Bonchev–Trinajstić information content (AvgIpc) is 2.94. The molecule has 1 aromatic heterocycles. The predicted octanol–water partition coefficient (Wildman–Crippen LogP) is 5.31. The van der Waals surface area contributed by atoms with Crippen LogP contribution < -0.4 is 0 Å². The van der Waals surface area contributed by atoms with Gasteiger partial charge >= 0.3 is 5.97 Å². The van der Waals surface area contributed by atoms with Crippen molar-refractivity contribution in [1.82, 2.24) is 4.98 Å². The Kier molecular flexibility index (Phi) is 4.88. The number of aryl methyl sites for hydroxylation is 1. The van der Waals surface area contributed by atoms with E-state index in [0.717, 1.165) is 5.56 Å². The summed E-state index contributed by atoms with van der Waals surface area (Å²) in [5.74, 6) is 0.549. The molecule has 0 radical (unpaired) electrons. The molecule has 0 spiro atoms. The standard InChI is InChI=1S/C18H13Cl2NO3/c1-11-16(21-17(24-11)12-5-3-2-4-6-12)10-23-18(22)14-8-7-13(19)9-15(14)20/h2-9H,10H2,1H3. The van der Waals surface area contributed by atoms with E-state index < -0.39 is 5.97 Å². The minimum atomic E-state index is -0.541. The third-order valence-electron chi connectivity index (χ3n) is 3.40. The highest BCUT2D eigenvalue weighted by Gasteiger charge is 2.16. The molecule has 0 aliphatic carbocycles. The summed E-state index contributed by atoms with van der Waals surface area (Å²) in [7, 11) is 0. The molecule has 0 aliphatic heterocycles. The van der Waals surface area contributed by atoms with E-state index in [4.69, 9.17) is 32.4 Å². The molecule has 6 heteroatoms. The number of hydrogen-bond donors (Lipinski definition) is 0. The van der Waals surface area contributed by atoms with Crippen LogP contribution in [0.15, 0.2) is 52.9 Å². The van der Waals surface area contributed by atoms with Gasteiger partial charge in [-0.25, -0.2) is 9.78 Å². The fourth-order valence-corrected chi connectivity index (χ4v) is 2.62. The SMILES string of the molecule is Cc1oc(-c2ccccc2)nc1COC(=O)c1ccc(Cl)cc1Cl. The van der Waals surface area contributed by atoms with Crippen LogP contribution in [0.5, 0.6) is 0 Å². The maximum atomic E-state index is 12.1. The van der Waals surface area contributed by atoms with E-state index in [-0.39, 0.29) is 17.2 Å². The van der Waals surface area contributed by atoms with E-state index in [1.807, 2.05) is 30.3 Å². The fourth-order valence-electron chi connectivity index (χ4n) is 2.13. The van der Waals surface area contributed by atoms with Crippen LogP contribution >= 0.6 is 23.2 Å². The highest BCUT2D eigenvalue weighted by atomic mass is 35.5. The number of oxazole rings is 1. The van der Waals surface area contributed by atoms with Gasteiger partial charge in [0.1, 0.15) is 18.1 Å². The summed E-state index contributed by atoms with van der Waals surface area (Å²) in [6, 6.07) is 14.1. The van der Waals surface area contributed by atoms with E-state index in [1.54, 1.807) is 13.0 Å². The number of halogens is 2. The molecule has 0 saturated heterocycles. The molecule has 0 N–H and O–H groups in total. The van der Waals surface area contributed by atoms with Crippen LogP contribution in [0.4, 0.5) is 0 Å². The van der Waals surface area contributed by atoms with Crippen LogP contribution in [0.25, 0.3) is 11.5 Å². The van der Waals surface area contributed by atoms with Crippen LogP contribution in [0, 0.1) is 6.92 Å². The van der Waals surface area contributed by atoms with Crippen molar-refractivity contribution in [1.29, 1.82) is 0 Å². The first-order chi connectivity index (χ1) is 11.5. The summed E-state index contributed by atoms with van der Waals surface area (Å²) in [6.07, 6.45) is 0. The Labute approximate surface area is 149 Å². The molecule has 122 valence electrons. The molecule has 2 aromatic carbocycles. The number of esters is 1. The van der Waals surface area contributed by atoms with Crippen molar-refractivity contribution in [2.45, 2.75) is 13.5 Å². The van der Waals surface area contributed by atoms with Gasteiger partial charge in [-0.3, -0.25) is 0 Å². The average molecular weight is 362 g/mol. The van der Waals surface area contributed by atoms with Crippen molar-refractivity contribution in [2.24, 2.45) is 0 Å². The third kappa shape index (κ3) is 3.61. The summed E-state index contributed by atoms with van der Waals surface area (Å²) in [6.45, 7) is 1.78. The van der Waals surface area contributed by atoms with Crippen molar-refractivity contribution in [3.05, 3.63) is 75.6 Å². The molecule has 3 rings (SSSR count). The first kappa shape index (κ1) is 16.6. The molecule has 0 unspecified atom stereocenters. The zero-order valence-corrected chi connectivity index (χ0v) is 14.3. The Bertz CT molecular complexity index is 875. The van der Waals surface area contributed by atoms with Crippen LogP contribution in [0.3, 0.4) is 0 Å². The first-order valence-corrected chi connectivity index (χ1v) is 7.94. The molecular weight excluding hydrogens is 349 g/mol. The summed E-state index contributed by atoms with van der Waals surface area (Å²) < 4.78 is 10.9. The van der Waals surface area contributed by atoms with E-state index in [9.17, 15) is 4.79 Å². The minimum Gasteiger partial charge on any atom is -0.455 e. The first-order valence-electron chi connectivity index (χ1n) is 7.18. The number of nitrogens with zero attached hydrogens (tertiary/aromatic N) is 1. The zero-order chi connectivity index (χ0) is 17.1. The van der Waals surface area contributed by atoms with Crippen molar-refractivity contribution in [3.8, 4) is 11.5 Å². The third-order valence-corrected chi connectivity index (χ3v) is 3.95.